The van der Waals surface area contributed by atoms with E-state index in [0.717, 1.165) is 11.1 Å². The standard InChI is InChI=1S/C18H26F2N2O2/c1-13(2)22(3)12-15-8-5-4-7-14(15)11-21-16(23)18(19,20)17(24)9-6-10-17/h4-5,7-8,13,24H,6,9-12H2,1-3H3,(H,21,23). The summed E-state index contributed by atoms with van der Waals surface area (Å²) in [5.41, 5.74) is -0.400. The Morgan fingerprint density at radius 3 is 2.42 bits per heavy atom. The predicted octanol–water partition coefficient (Wildman–Crippen LogP) is 2.69. The third-order valence-corrected chi connectivity index (χ3v) is 4.91. The molecule has 0 aliphatic heterocycles. The zero-order chi connectivity index (χ0) is 18.0. The second-order valence-corrected chi connectivity index (χ2v) is 6.92. The van der Waals surface area contributed by atoms with Gasteiger partial charge in [0.05, 0.1) is 0 Å². The quantitative estimate of drug-likeness (QED) is 0.802. The molecular weight excluding hydrogens is 314 g/mol. The number of benzene rings is 1. The number of nitrogens with one attached hydrogen (secondary N) is 1. The predicted molar refractivity (Wildman–Crippen MR) is 88.6 cm³/mol. The van der Waals surface area contributed by atoms with E-state index >= 15 is 0 Å². The number of carbonyl (C=O) groups excluding carboxylic acids is 1. The molecule has 1 aromatic rings. The SMILES string of the molecule is CC(C)N(C)Cc1ccccc1CNC(=O)C(F)(F)C1(O)CCC1. The van der Waals surface area contributed by atoms with Crippen LogP contribution in [0.25, 0.3) is 0 Å². The molecule has 0 unspecified atom stereocenters. The van der Waals surface area contributed by atoms with Gasteiger partial charge in [-0.1, -0.05) is 24.3 Å². The molecule has 2 N–H and O–H groups in total. The number of rotatable bonds is 7. The summed E-state index contributed by atoms with van der Waals surface area (Å²) in [5.74, 6) is -5.16. The molecule has 0 saturated heterocycles. The molecule has 1 aromatic carbocycles. The highest BCUT2D eigenvalue weighted by Crippen LogP contribution is 2.44. The van der Waals surface area contributed by atoms with Crippen LogP contribution in [-0.4, -0.2) is 40.5 Å². The van der Waals surface area contributed by atoms with E-state index in [4.69, 9.17) is 0 Å². The van der Waals surface area contributed by atoms with Crippen molar-refractivity contribution in [3.05, 3.63) is 35.4 Å². The second-order valence-electron chi connectivity index (χ2n) is 6.92. The van der Waals surface area contributed by atoms with Crippen LogP contribution in [0.2, 0.25) is 0 Å². The molecule has 1 amide bonds. The number of aliphatic hydroxyl groups is 1. The van der Waals surface area contributed by atoms with E-state index < -0.39 is 17.4 Å². The fourth-order valence-corrected chi connectivity index (χ4v) is 2.66. The molecule has 0 radical (unpaired) electrons. The fraction of sp³-hybridized carbons (Fsp3) is 0.611. The lowest BCUT2D eigenvalue weighted by Crippen LogP contribution is -2.60. The summed E-state index contributed by atoms with van der Waals surface area (Å²) in [6, 6.07) is 7.81. The van der Waals surface area contributed by atoms with Crippen molar-refractivity contribution in [1.82, 2.24) is 10.2 Å². The number of hydrogen-bond acceptors (Lipinski definition) is 3. The van der Waals surface area contributed by atoms with Gasteiger partial charge in [0, 0.05) is 19.1 Å². The van der Waals surface area contributed by atoms with Crippen molar-refractivity contribution in [1.29, 1.82) is 0 Å². The Bertz CT molecular complexity index is 586. The molecule has 1 saturated carbocycles. The molecule has 2 rings (SSSR count). The highest BCUT2D eigenvalue weighted by atomic mass is 19.3. The molecule has 6 heteroatoms. The molecule has 0 atom stereocenters. The fourth-order valence-electron chi connectivity index (χ4n) is 2.66. The summed E-state index contributed by atoms with van der Waals surface area (Å²) in [6.45, 7) is 4.84. The number of nitrogens with zero attached hydrogens (tertiary/aromatic N) is 1. The molecule has 24 heavy (non-hydrogen) atoms. The molecule has 0 bridgehead atoms. The number of amides is 1. The lowest BCUT2D eigenvalue weighted by atomic mass is 9.75. The van der Waals surface area contributed by atoms with Crippen LogP contribution >= 0.6 is 0 Å². The minimum atomic E-state index is -3.76. The van der Waals surface area contributed by atoms with Gasteiger partial charge >= 0.3 is 5.92 Å². The third kappa shape index (κ3) is 3.75. The molecule has 1 aliphatic rings. The van der Waals surface area contributed by atoms with Crippen LogP contribution < -0.4 is 5.32 Å². The van der Waals surface area contributed by atoms with Crippen molar-refractivity contribution in [2.45, 2.75) is 63.8 Å². The van der Waals surface area contributed by atoms with Gasteiger partial charge < -0.3 is 10.4 Å². The molecule has 0 spiro atoms. The summed E-state index contributed by atoms with van der Waals surface area (Å²) in [6.07, 6.45) is 0.441. The van der Waals surface area contributed by atoms with Crippen LogP contribution in [0, 0.1) is 0 Å². The zero-order valence-electron chi connectivity index (χ0n) is 14.5. The van der Waals surface area contributed by atoms with E-state index in [1.807, 2.05) is 31.3 Å². The van der Waals surface area contributed by atoms with Crippen LogP contribution in [0.15, 0.2) is 24.3 Å². The first-order valence-corrected chi connectivity index (χ1v) is 8.33. The smallest absolute Gasteiger partial charge is 0.352 e. The topological polar surface area (TPSA) is 52.6 Å². The van der Waals surface area contributed by atoms with Crippen LogP contribution in [0.4, 0.5) is 8.78 Å². The first-order valence-electron chi connectivity index (χ1n) is 8.33. The molecule has 0 heterocycles. The van der Waals surface area contributed by atoms with Gasteiger partial charge in [-0.2, -0.15) is 8.78 Å². The van der Waals surface area contributed by atoms with Gasteiger partial charge in [0.15, 0.2) is 0 Å². The Balaban J connectivity index is 2.03. The average molecular weight is 340 g/mol. The zero-order valence-corrected chi connectivity index (χ0v) is 14.5. The first kappa shape index (κ1) is 18.8. The lowest BCUT2D eigenvalue weighted by molar-refractivity contribution is -0.216. The summed E-state index contributed by atoms with van der Waals surface area (Å²) in [7, 11) is 1.99. The highest BCUT2D eigenvalue weighted by Gasteiger charge is 2.61. The van der Waals surface area contributed by atoms with Crippen molar-refractivity contribution >= 4 is 5.91 Å². The molecule has 1 fully saturated rings. The second kappa shape index (κ2) is 7.15. The average Bonchev–Trinajstić information content (AvgIpc) is 2.50. The monoisotopic (exact) mass is 340 g/mol. The van der Waals surface area contributed by atoms with Gasteiger partial charge in [-0.15, -0.1) is 0 Å². The number of carbonyl (C=O) groups is 1. The van der Waals surface area contributed by atoms with E-state index in [1.165, 1.54) is 0 Å². The summed E-state index contributed by atoms with van der Waals surface area (Å²) in [4.78, 5) is 14.0. The van der Waals surface area contributed by atoms with Crippen LogP contribution in [0.3, 0.4) is 0 Å². The summed E-state index contributed by atoms with van der Waals surface area (Å²) in [5, 5.41) is 12.1. The minimum Gasteiger partial charge on any atom is -0.383 e. The number of alkyl halides is 2. The molecule has 4 nitrogen and oxygen atoms in total. The van der Waals surface area contributed by atoms with Gasteiger partial charge in [0.25, 0.3) is 5.91 Å². The maximum atomic E-state index is 14.1. The van der Waals surface area contributed by atoms with Crippen molar-refractivity contribution < 1.29 is 18.7 Å². The maximum Gasteiger partial charge on any atom is 0.352 e. The van der Waals surface area contributed by atoms with E-state index in [9.17, 15) is 18.7 Å². The Morgan fingerprint density at radius 1 is 1.33 bits per heavy atom. The van der Waals surface area contributed by atoms with E-state index in [0.29, 0.717) is 19.0 Å². The minimum absolute atomic E-state index is 0.0204. The Hall–Kier alpha value is -1.53. The lowest BCUT2D eigenvalue weighted by Gasteiger charge is -2.41. The largest absolute Gasteiger partial charge is 0.383 e. The first-order chi connectivity index (χ1) is 11.2. The van der Waals surface area contributed by atoms with Crippen molar-refractivity contribution in [2.24, 2.45) is 0 Å². The van der Waals surface area contributed by atoms with Crippen LogP contribution in [0.5, 0.6) is 0 Å². The van der Waals surface area contributed by atoms with Crippen molar-refractivity contribution in [3.63, 3.8) is 0 Å². The highest BCUT2D eigenvalue weighted by molar-refractivity contribution is 5.85. The number of hydrogen-bond donors (Lipinski definition) is 2. The summed E-state index contributed by atoms with van der Waals surface area (Å²) < 4.78 is 28.2. The van der Waals surface area contributed by atoms with Gasteiger partial charge in [-0.05, 0) is 51.3 Å². The normalized spacial score (nSPS) is 17.0. The molecular formula is C18H26F2N2O2. The van der Waals surface area contributed by atoms with E-state index in [-0.39, 0.29) is 19.4 Å². The van der Waals surface area contributed by atoms with Crippen molar-refractivity contribution in [2.75, 3.05) is 7.05 Å². The maximum absolute atomic E-state index is 14.1. The third-order valence-electron chi connectivity index (χ3n) is 4.91. The Kier molecular flexibility index (Phi) is 5.60. The van der Waals surface area contributed by atoms with Gasteiger partial charge in [0.2, 0.25) is 0 Å². The van der Waals surface area contributed by atoms with Crippen LogP contribution in [-0.2, 0) is 17.9 Å². The van der Waals surface area contributed by atoms with E-state index in [2.05, 4.69) is 24.1 Å². The van der Waals surface area contributed by atoms with E-state index in [1.54, 1.807) is 0 Å². The summed E-state index contributed by atoms with van der Waals surface area (Å²) >= 11 is 0. The Morgan fingerprint density at radius 2 is 1.92 bits per heavy atom. The Labute approximate surface area is 141 Å². The number of halogens is 2. The van der Waals surface area contributed by atoms with Crippen molar-refractivity contribution in [3.8, 4) is 0 Å². The van der Waals surface area contributed by atoms with Gasteiger partial charge in [-0.25, -0.2) is 0 Å². The molecule has 1 aliphatic carbocycles. The van der Waals surface area contributed by atoms with Gasteiger partial charge in [0.1, 0.15) is 5.60 Å². The molecule has 0 aromatic heterocycles. The van der Waals surface area contributed by atoms with Crippen LogP contribution in [0.1, 0.15) is 44.2 Å². The van der Waals surface area contributed by atoms with Gasteiger partial charge in [-0.3, -0.25) is 9.69 Å². The molecule has 134 valence electrons.